The topological polar surface area (TPSA) is 140 Å². The second-order valence-corrected chi connectivity index (χ2v) is 4.98. The first-order valence-corrected chi connectivity index (χ1v) is 7.39. The molecule has 0 radical (unpaired) electrons. The number of furan rings is 1. The molecular formula is C17H14O9. The van der Waals surface area contributed by atoms with Gasteiger partial charge in [0, 0.05) is 6.42 Å². The molecule has 0 amide bonds. The number of rotatable bonds is 2. The van der Waals surface area contributed by atoms with Gasteiger partial charge in [-0.3, -0.25) is 0 Å². The van der Waals surface area contributed by atoms with Crippen LogP contribution >= 0.6 is 0 Å². The zero-order valence-electron chi connectivity index (χ0n) is 13.3. The van der Waals surface area contributed by atoms with Crippen molar-refractivity contribution in [2.24, 2.45) is 0 Å². The first kappa shape index (κ1) is 18.7. The first-order chi connectivity index (χ1) is 12.4. The van der Waals surface area contributed by atoms with Gasteiger partial charge in [0.05, 0.1) is 24.3 Å². The number of carboxylic acids is 2. The van der Waals surface area contributed by atoms with E-state index in [1.165, 1.54) is 0 Å². The lowest BCUT2D eigenvalue weighted by atomic mass is 10.1. The van der Waals surface area contributed by atoms with Crippen molar-refractivity contribution < 1.29 is 43.3 Å². The maximum atomic E-state index is 11.4. The normalized spacial score (nSPS) is 13.5. The van der Waals surface area contributed by atoms with Gasteiger partial charge in [-0.2, -0.15) is 0 Å². The fourth-order valence-corrected chi connectivity index (χ4v) is 1.87. The molecule has 0 fully saturated rings. The van der Waals surface area contributed by atoms with Crippen LogP contribution in [-0.4, -0.2) is 47.3 Å². The highest BCUT2D eigenvalue weighted by molar-refractivity contribution is 5.93. The van der Waals surface area contributed by atoms with E-state index in [4.69, 9.17) is 19.7 Å². The fraction of sp³-hybridized carbons (Fsp3) is 0.176. The van der Waals surface area contributed by atoms with Gasteiger partial charge < -0.3 is 24.1 Å². The van der Waals surface area contributed by atoms with Gasteiger partial charge in [0.1, 0.15) is 0 Å². The Morgan fingerprint density at radius 3 is 1.42 bits per heavy atom. The third-order valence-electron chi connectivity index (χ3n) is 3.14. The van der Waals surface area contributed by atoms with Crippen LogP contribution in [0.5, 0.6) is 0 Å². The van der Waals surface area contributed by atoms with E-state index in [0.29, 0.717) is 17.5 Å². The third kappa shape index (κ3) is 4.94. The first-order valence-electron chi connectivity index (χ1n) is 7.39. The number of ether oxygens (including phenoxy) is 2. The molecule has 4 rings (SSSR count). The Morgan fingerprint density at radius 1 is 0.731 bits per heavy atom. The van der Waals surface area contributed by atoms with Crippen molar-refractivity contribution in [3.8, 4) is 0 Å². The highest BCUT2D eigenvalue weighted by atomic mass is 16.5. The maximum Gasteiger partial charge on any atom is 0.371 e. The molecule has 0 unspecified atom stereocenters. The van der Waals surface area contributed by atoms with Crippen LogP contribution in [0.4, 0.5) is 0 Å². The zero-order valence-corrected chi connectivity index (χ0v) is 13.3. The number of hydrogen-bond acceptors (Lipinski definition) is 7. The van der Waals surface area contributed by atoms with E-state index in [1.807, 2.05) is 0 Å². The van der Waals surface area contributed by atoms with Crippen molar-refractivity contribution in [1.29, 1.82) is 0 Å². The van der Waals surface area contributed by atoms with Gasteiger partial charge in [0.15, 0.2) is 0 Å². The quantitative estimate of drug-likeness (QED) is 0.768. The van der Waals surface area contributed by atoms with Crippen LogP contribution in [0.1, 0.15) is 48.2 Å². The Hall–Kier alpha value is -3.62. The van der Waals surface area contributed by atoms with E-state index in [2.05, 4.69) is 4.42 Å². The highest BCUT2D eigenvalue weighted by Gasteiger charge is 2.13. The van der Waals surface area contributed by atoms with Crippen LogP contribution in [0, 0.1) is 0 Å². The average molecular weight is 362 g/mol. The molecule has 0 saturated carbocycles. The largest absolute Gasteiger partial charge is 0.475 e. The van der Waals surface area contributed by atoms with E-state index < -0.39 is 11.9 Å². The smallest absolute Gasteiger partial charge is 0.371 e. The summed E-state index contributed by atoms with van der Waals surface area (Å²) >= 11 is 0. The molecule has 3 heterocycles. The van der Waals surface area contributed by atoms with Crippen molar-refractivity contribution in [1.82, 2.24) is 0 Å². The van der Waals surface area contributed by atoms with Gasteiger partial charge >= 0.3 is 23.9 Å². The predicted molar refractivity (Wildman–Crippen MR) is 84.3 cm³/mol. The van der Waals surface area contributed by atoms with Gasteiger partial charge in [0.2, 0.25) is 11.5 Å². The van der Waals surface area contributed by atoms with Crippen molar-refractivity contribution in [3.63, 3.8) is 0 Å². The molecule has 0 atom stereocenters. The number of carbonyl (C=O) groups is 4. The molecule has 2 N–H and O–H groups in total. The van der Waals surface area contributed by atoms with Crippen LogP contribution in [-0.2, 0) is 9.47 Å². The number of benzene rings is 1. The minimum absolute atomic E-state index is 0.270. The van der Waals surface area contributed by atoms with Crippen molar-refractivity contribution in [3.05, 3.63) is 59.0 Å². The predicted octanol–water partition coefficient (Wildman–Crippen LogP) is 2.08. The summed E-state index contributed by atoms with van der Waals surface area (Å²) in [6.07, 6.45) is 0.526. The molecule has 26 heavy (non-hydrogen) atoms. The van der Waals surface area contributed by atoms with E-state index >= 15 is 0 Å². The van der Waals surface area contributed by atoms with Crippen molar-refractivity contribution in [2.45, 2.75) is 6.42 Å². The Balaban J connectivity index is 0.000000197. The molecule has 2 aromatic rings. The summed E-state index contributed by atoms with van der Waals surface area (Å²) in [5, 5.41) is 16.6. The Kier molecular flexibility index (Phi) is 6.10. The van der Waals surface area contributed by atoms with Crippen molar-refractivity contribution >= 4 is 23.9 Å². The number of carbonyl (C=O) groups excluding carboxylic acids is 2. The summed E-state index contributed by atoms with van der Waals surface area (Å²) in [6, 6.07) is 8.42. The molecule has 2 aliphatic rings. The zero-order chi connectivity index (χ0) is 19.1. The fourth-order valence-electron chi connectivity index (χ4n) is 1.87. The standard InChI is InChI=1S/C11H10O4.C6H4O5/c12-10-8-2-3-9(5-4-8)11(13)15-7-1-6-14-10;7-5(8)3-1-2-4(11-3)6(9)10/h2-5H,1,6-7H2;1-2H,(H,7,8)(H,9,10). The molecule has 9 heteroatoms. The maximum absolute atomic E-state index is 11.4. The molecule has 1 aromatic heterocycles. The van der Waals surface area contributed by atoms with Crippen LogP contribution < -0.4 is 0 Å². The molecule has 0 aliphatic carbocycles. The number of aromatic carboxylic acids is 2. The number of esters is 2. The molecule has 0 spiro atoms. The summed E-state index contributed by atoms with van der Waals surface area (Å²) in [4.78, 5) is 43.1. The molecule has 136 valence electrons. The van der Waals surface area contributed by atoms with Crippen LogP contribution in [0.2, 0.25) is 0 Å². The summed E-state index contributed by atoms with van der Waals surface area (Å²) in [6.45, 7) is 0.541. The molecule has 9 nitrogen and oxygen atoms in total. The van der Waals surface area contributed by atoms with Gasteiger partial charge in [-0.1, -0.05) is 0 Å². The minimum Gasteiger partial charge on any atom is -0.475 e. The lowest BCUT2D eigenvalue weighted by Crippen LogP contribution is -2.08. The van der Waals surface area contributed by atoms with Gasteiger partial charge in [-0.15, -0.1) is 0 Å². The lowest BCUT2D eigenvalue weighted by molar-refractivity contribution is 0.0400. The summed E-state index contributed by atoms with van der Waals surface area (Å²) in [5.74, 6) is -4.04. The van der Waals surface area contributed by atoms with Crippen LogP contribution in [0.3, 0.4) is 0 Å². The van der Waals surface area contributed by atoms with E-state index in [-0.39, 0.29) is 36.7 Å². The van der Waals surface area contributed by atoms with E-state index in [0.717, 1.165) is 12.1 Å². The highest BCUT2D eigenvalue weighted by Crippen LogP contribution is 2.09. The van der Waals surface area contributed by atoms with Crippen LogP contribution in [0.15, 0.2) is 40.8 Å². The SMILES string of the molecule is O=C(O)c1ccc(C(=O)O)o1.O=C1OCCCOC(=O)c2ccc1cc2. The van der Waals surface area contributed by atoms with Crippen molar-refractivity contribution in [2.75, 3.05) is 13.2 Å². The van der Waals surface area contributed by atoms with E-state index in [1.54, 1.807) is 24.3 Å². The minimum atomic E-state index is -1.28. The Morgan fingerprint density at radius 2 is 1.12 bits per heavy atom. The molecule has 2 bridgehead atoms. The number of carboxylic acid groups (broad SMARTS) is 2. The number of fused-ring (bicyclic) bond motifs is 8. The third-order valence-corrected chi connectivity index (χ3v) is 3.14. The monoisotopic (exact) mass is 362 g/mol. The van der Waals surface area contributed by atoms with Gasteiger partial charge in [-0.05, 0) is 36.4 Å². The Bertz CT molecular complexity index is 752. The second-order valence-electron chi connectivity index (χ2n) is 4.98. The molecule has 0 saturated heterocycles. The summed E-state index contributed by atoms with van der Waals surface area (Å²) < 4.78 is 14.3. The molecular weight excluding hydrogens is 348 g/mol. The summed E-state index contributed by atoms with van der Waals surface area (Å²) in [7, 11) is 0. The molecule has 2 aliphatic heterocycles. The average Bonchev–Trinajstić information content (AvgIpc) is 3.11. The Labute approximate surface area is 146 Å². The second kappa shape index (κ2) is 8.47. The van der Waals surface area contributed by atoms with Gasteiger partial charge in [0.25, 0.3) is 0 Å². The summed E-state index contributed by atoms with van der Waals surface area (Å²) in [5.41, 5.74) is 0.905. The van der Waals surface area contributed by atoms with Gasteiger partial charge in [-0.25, -0.2) is 19.2 Å². The van der Waals surface area contributed by atoms with Crippen LogP contribution in [0.25, 0.3) is 0 Å². The molecule has 1 aromatic carbocycles. The lowest BCUT2D eigenvalue weighted by Gasteiger charge is -2.02. The number of hydrogen-bond donors (Lipinski definition) is 2. The van der Waals surface area contributed by atoms with E-state index in [9.17, 15) is 19.2 Å².